The molecule has 0 radical (unpaired) electrons. The maximum absolute atomic E-state index is 5.50. The van der Waals surface area contributed by atoms with Gasteiger partial charge >= 0.3 is 0 Å². The third-order valence-electron chi connectivity index (χ3n) is 3.68. The van der Waals surface area contributed by atoms with Crippen LogP contribution in [0.5, 0.6) is 11.5 Å². The Morgan fingerprint density at radius 2 is 2.15 bits per heavy atom. The fourth-order valence-corrected chi connectivity index (χ4v) is 2.68. The van der Waals surface area contributed by atoms with Crippen LogP contribution in [-0.4, -0.2) is 30.5 Å². The summed E-state index contributed by atoms with van der Waals surface area (Å²) in [5, 5.41) is 8.12. The van der Waals surface area contributed by atoms with Gasteiger partial charge in [0, 0.05) is 30.3 Å². The number of fused-ring (bicyclic) bond motifs is 1. The first kappa shape index (κ1) is 12.8. The van der Waals surface area contributed by atoms with E-state index in [1.165, 1.54) is 5.56 Å². The Labute approximate surface area is 118 Å². The molecule has 20 heavy (non-hydrogen) atoms. The van der Waals surface area contributed by atoms with Gasteiger partial charge in [-0.1, -0.05) is 0 Å². The monoisotopic (exact) mass is 273 g/mol. The number of hydrogen-bond acceptors (Lipinski definition) is 4. The highest BCUT2D eigenvalue weighted by molar-refractivity contribution is 5.76. The molecule has 0 amide bonds. The predicted molar refractivity (Wildman–Crippen MR) is 78.6 cm³/mol. The molecular formula is C15H19N3O2. The van der Waals surface area contributed by atoms with E-state index in [1.54, 1.807) is 14.2 Å². The van der Waals surface area contributed by atoms with E-state index in [4.69, 9.17) is 14.6 Å². The highest BCUT2D eigenvalue weighted by atomic mass is 16.5. The summed E-state index contributed by atoms with van der Waals surface area (Å²) in [6.45, 7) is 3.93. The van der Waals surface area contributed by atoms with E-state index in [9.17, 15) is 0 Å². The molecule has 0 fully saturated rings. The lowest BCUT2D eigenvalue weighted by Crippen LogP contribution is -2.04. The van der Waals surface area contributed by atoms with Gasteiger partial charge < -0.3 is 14.8 Å². The van der Waals surface area contributed by atoms with Crippen LogP contribution < -0.4 is 14.8 Å². The summed E-state index contributed by atoms with van der Waals surface area (Å²) in [6, 6.07) is 5.85. The fraction of sp³-hybridized carbons (Fsp3) is 0.400. The van der Waals surface area contributed by atoms with Gasteiger partial charge in [-0.15, -0.1) is 0 Å². The highest BCUT2D eigenvalue weighted by Crippen LogP contribution is 2.38. The lowest BCUT2D eigenvalue weighted by Gasteiger charge is -2.09. The predicted octanol–water partition coefficient (Wildman–Crippen LogP) is 2.56. The van der Waals surface area contributed by atoms with Crippen LogP contribution in [0, 0.1) is 0 Å². The second-order valence-corrected chi connectivity index (χ2v) is 4.73. The molecule has 2 aromatic rings. The van der Waals surface area contributed by atoms with Gasteiger partial charge in [-0.25, -0.2) is 4.68 Å². The standard InChI is InChI=1S/C15H19N3O2/c1-4-18-15-12(7-8-16-15)14(17-18)11-6-5-10(19-2)9-13(11)20-3/h5-6,9,16H,4,7-8H2,1-3H3. The van der Waals surface area contributed by atoms with Gasteiger partial charge in [-0.05, 0) is 25.5 Å². The highest BCUT2D eigenvalue weighted by Gasteiger charge is 2.24. The van der Waals surface area contributed by atoms with Crippen molar-refractivity contribution in [3.8, 4) is 22.8 Å². The smallest absolute Gasteiger partial charge is 0.132 e. The van der Waals surface area contributed by atoms with Crippen molar-refractivity contribution in [3.63, 3.8) is 0 Å². The molecule has 0 aliphatic carbocycles. The van der Waals surface area contributed by atoms with Gasteiger partial charge in [0.25, 0.3) is 0 Å². The van der Waals surface area contributed by atoms with E-state index < -0.39 is 0 Å². The second kappa shape index (κ2) is 5.07. The number of benzene rings is 1. The summed E-state index contributed by atoms with van der Waals surface area (Å²) in [7, 11) is 3.33. The van der Waals surface area contributed by atoms with E-state index in [-0.39, 0.29) is 0 Å². The van der Waals surface area contributed by atoms with Crippen LogP contribution in [-0.2, 0) is 13.0 Å². The van der Waals surface area contributed by atoms with Crippen molar-refractivity contribution in [1.29, 1.82) is 0 Å². The maximum Gasteiger partial charge on any atom is 0.132 e. The molecule has 1 aliphatic heterocycles. The topological polar surface area (TPSA) is 48.3 Å². The molecule has 2 heterocycles. The Kier molecular flexibility index (Phi) is 3.26. The number of aryl methyl sites for hydroxylation is 1. The number of anilines is 1. The minimum absolute atomic E-state index is 0.787. The summed E-state index contributed by atoms with van der Waals surface area (Å²) >= 11 is 0. The zero-order valence-corrected chi connectivity index (χ0v) is 12.1. The number of nitrogens with zero attached hydrogens (tertiary/aromatic N) is 2. The first-order valence-electron chi connectivity index (χ1n) is 6.84. The summed E-state index contributed by atoms with van der Waals surface area (Å²) in [6.07, 6.45) is 1.000. The van der Waals surface area contributed by atoms with Crippen molar-refractivity contribution in [1.82, 2.24) is 9.78 Å². The number of aromatic nitrogens is 2. The first-order chi connectivity index (χ1) is 9.78. The van der Waals surface area contributed by atoms with Crippen molar-refractivity contribution in [3.05, 3.63) is 23.8 Å². The van der Waals surface area contributed by atoms with Crippen molar-refractivity contribution in [2.75, 3.05) is 26.1 Å². The SMILES string of the molecule is CCn1nc(-c2ccc(OC)cc2OC)c2c1NCC2. The number of hydrogen-bond donors (Lipinski definition) is 1. The van der Waals surface area contributed by atoms with Crippen LogP contribution in [0.25, 0.3) is 11.3 Å². The molecule has 5 heteroatoms. The molecule has 1 aliphatic rings. The Morgan fingerprint density at radius 1 is 1.30 bits per heavy atom. The molecule has 0 unspecified atom stereocenters. The van der Waals surface area contributed by atoms with Crippen LogP contribution in [0.15, 0.2) is 18.2 Å². The maximum atomic E-state index is 5.50. The molecule has 106 valence electrons. The van der Waals surface area contributed by atoms with Crippen LogP contribution in [0.4, 0.5) is 5.82 Å². The van der Waals surface area contributed by atoms with Crippen LogP contribution in [0.3, 0.4) is 0 Å². The molecular weight excluding hydrogens is 254 g/mol. The summed E-state index contributed by atoms with van der Waals surface area (Å²) in [5.41, 5.74) is 3.29. The lowest BCUT2D eigenvalue weighted by atomic mass is 10.1. The third kappa shape index (κ3) is 1.90. The van der Waals surface area contributed by atoms with E-state index in [0.717, 1.165) is 48.1 Å². The van der Waals surface area contributed by atoms with Crippen molar-refractivity contribution < 1.29 is 9.47 Å². The Bertz CT molecular complexity index is 634. The number of methoxy groups -OCH3 is 2. The van der Waals surface area contributed by atoms with Gasteiger partial charge in [0.15, 0.2) is 0 Å². The molecule has 5 nitrogen and oxygen atoms in total. The molecule has 3 rings (SSSR count). The van der Waals surface area contributed by atoms with Gasteiger partial charge in [0.05, 0.1) is 14.2 Å². The normalized spacial score (nSPS) is 12.9. The fourth-order valence-electron chi connectivity index (χ4n) is 2.68. The van der Waals surface area contributed by atoms with E-state index in [2.05, 4.69) is 12.2 Å². The van der Waals surface area contributed by atoms with Gasteiger partial charge in [0.1, 0.15) is 23.0 Å². The van der Waals surface area contributed by atoms with Crippen molar-refractivity contribution >= 4 is 5.82 Å². The van der Waals surface area contributed by atoms with E-state index >= 15 is 0 Å². The quantitative estimate of drug-likeness (QED) is 0.930. The Balaban J connectivity index is 2.14. The molecule has 1 aromatic carbocycles. The van der Waals surface area contributed by atoms with Crippen LogP contribution in [0.2, 0.25) is 0 Å². The molecule has 1 aromatic heterocycles. The largest absolute Gasteiger partial charge is 0.497 e. The summed E-state index contributed by atoms with van der Waals surface area (Å²) < 4.78 is 12.8. The lowest BCUT2D eigenvalue weighted by molar-refractivity contribution is 0.395. The molecule has 0 saturated heterocycles. The Hall–Kier alpha value is -2.17. The number of rotatable bonds is 4. The van der Waals surface area contributed by atoms with Crippen molar-refractivity contribution in [2.24, 2.45) is 0 Å². The Morgan fingerprint density at radius 3 is 2.85 bits per heavy atom. The first-order valence-corrected chi connectivity index (χ1v) is 6.84. The molecule has 0 spiro atoms. The summed E-state index contributed by atoms with van der Waals surface area (Å²) in [5.74, 6) is 2.72. The van der Waals surface area contributed by atoms with Gasteiger partial charge in [0.2, 0.25) is 0 Å². The molecule has 0 saturated carbocycles. The van der Waals surface area contributed by atoms with E-state index in [1.807, 2.05) is 22.9 Å². The van der Waals surface area contributed by atoms with Crippen molar-refractivity contribution in [2.45, 2.75) is 19.9 Å². The number of nitrogens with one attached hydrogen (secondary N) is 1. The third-order valence-corrected chi connectivity index (χ3v) is 3.68. The van der Waals surface area contributed by atoms with Crippen LogP contribution >= 0.6 is 0 Å². The average Bonchev–Trinajstić information content (AvgIpc) is 3.08. The van der Waals surface area contributed by atoms with Gasteiger partial charge in [-0.2, -0.15) is 5.10 Å². The molecule has 0 atom stereocenters. The zero-order chi connectivity index (χ0) is 14.1. The summed E-state index contributed by atoms with van der Waals surface area (Å²) in [4.78, 5) is 0. The molecule has 0 bridgehead atoms. The second-order valence-electron chi connectivity index (χ2n) is 4.73. The van der Waals surface area contributed by atoms with Crippen LogP contribution in [0.1, 0.15) is 12.5 Å². The van der Waals surface area contributed by atoms with E-state index in [0.29, 0.717) is 0 Å². The van der Waals surface area contributed by atoms with Gasteiger partial charge in [-0.3, -0.25) is 0 Å². The number of ether oxygens (including phenoxy) is 2. The zero-order valence-electron chi connectivity index (χ0n) is 12.1. The molecule has 1 N–H and O–H groups in total. The average molecular weight is 273 g/mol. The minimum atomic E-state index is 0.787. The minimum Gasteiger partial charge on any atom is -0.497 e.